The van der Waals surface area contributed by atoms with Gasteiger partial charge >= 0.3 is 0 Å². The van der Waals surface area contributed by atoms with Gasteiger partial charge in [-0.2, -0.15) is 0 Å². The summed E-state index contributed by atoms with van der Waals surface area (Å²) >= 11 is 0. The lowest BCUT2D eigenvalue weighted by Gasteiger charge is -2.00. The van der Waals surface area contributed by atoms with Gasteiger partial charge in [0.1, 0.15) is 0 Å². The number of rotatable bonds is 1. The highest BCUT2D eigenvalue weighted by Gasteiger charge is 2.07. The minimum atomic E-state index is 0.400. The summed E-state index contributed by atoms with van der Waals surface area (Å²) in [6.45, 7) is 6.00. The summed E-state index contributed by atoms with van der Waals surface area (Å²) in [5.41, 5.74) is 2.22. The van der Waals surface area contributed by atoms with Crippen LogP contribution in [-0.4, -0.2) is 5.11 Å². The highest BCUT2D eigenvalue weighted by molar-refractivity contribution is 5.47. The molecule has 0 spiro atoms. The predicted octanol–water partition coefficient (Wildman–Crippen LogP) is 2.97. The van der Waals surface area contributed by atoms with Crippen molar-refractivity contribution in [1.82, 2.24) is 0 Å². The van der Waals surface area contributed by atoms with E-state index < -0.39 is 0 Å². The van der Waals surface area contributed by atoms with E-state index in [1.807, 2.05) is 12.2 Å². The minimum Gasteiger partial charge on any atom is -0.512 e. The Balaban J connectivity index is 2.88. The molecule has 1 rings (SSSR count). The third-order valence-electron chi connectivity index (χ3n) is 1.86. The molecule has 60 valence electrons. The summed E-state index contributed by atoms with van der Waals surface area (Å²) in [7, 11) is 0. The highest BCUT2D eigenvalue weighted by atomic mass is 16.3. The van der Waals surface area contributed by atoms with Gasteiger partial charge in [-0.15, -0.1) is 0 Å². The molecule has 0 aromatic heterocycles. The van der Waals surface area contributed by atoms with Gasteiger partial charge in [0.2, 0.25) is 0 Å². The maximum atomic E-state index is 9.14. The first-order chi connectivity index (χ1) is 5.11. The first kappa shape index (κ1) is 8.12. The van der Waals surface area contributed by atoms with Crippen molar-refractivity contribution in [2.45, 2.75) is 20.8 Å². The molecule has 0 unspecified atom stereocenters. The third-order valence-corrected chi connectivity index (χ3v) is 1.86. The molecular formula is C10H14O. The number of allylic oxidation sites excluding steroid dienone is 6. The Morgan fingerprint density at radius 2 is 2.00 bits per heavy atom. The number of aliphatic hydroxyl groups excluding tert-OH is 1. The summed E-state index contributed by atoms with van der Waals surface area (Å²) in [6.07, 6.45) is 6.03. The molecule has 0 radical (unpaired) electrons. The van der Waals surface area contributed by atoms with Crippen molar-refractivity contribution in [3.63, 3.8) is 0 Å². The van der Waals surface area contributed by atoms with E-state index in [9.17, 15) is 0 Å². The van der Waals surface area contributed by atoms with Crippen LogP contribution >= 0.6 is 0 Å². The van der Waals surface area contributed by atoms with E-state index in [0.717, 1.165) is 5.57 Å². The maximum absolute atomic E-state index is 9.14. The van der Waals surface area contributed by atoms with Crippen LogP contribution in [-0.2, 0) is 0 Å². The molecule has 1 heteroatoms. The van der Waals surface area contributed by atoms with Gasteiger partial charge in [0.05, 0.1) is 5.76 Å². The Morgan fingerprint density at radius 1 is 1.36 bits per heavy atom. The van der Waals surface area contributed by atoms with Crippen molar-refractivity contribution in [1.29, 1.82) is 0 Å². The molecule has 11 heavy (non-hydrogen) atoms. The van der Waals surface area contributed by atoms with Crippen LogP contribution in [0.3, 0.4) is 0 Å². The second-order valence-corrected chi connectivity index (χ2v) is 3.17. The van der Waals surface area contributed by atoms with Gasteiger partial charge in [-0.25, -0.2) is 0 Å². The van der Waals surface area contributed by atoms with Crippen LogP contribution in [0.2, 0.25) is 0 Å². The molecule has 0 aliphatic heterocycles. The molecule has 0 saturated heterocycles. The van der Waals surface area contributed by atoms with Crippen molar-refractivity contribution in [3.05, 3.63) is 35.1 Å². The van der Waals surface area contributed by atoms with Crippen LogP contribution < -0.4 is 0 Å². The molecule has 1 nitrogen and oxygen atoms in total. The summed E-state index contributed by atoms with van der Waals surface area (Å²) in [5.74, 6) is 0.944. The van der Waals surface area contributed by atoms with E-state index in [-0.39, 0.29) is 0 Å². The fraction of sp³-hybridized carbons (Fsp3) is 0.400. The van der Waals surface area contributed by atoms with E-state index in [2.05, 4.69) is 19.9 Å². The van der Waals surface area contributed by atoms with Crippen LogP contribution in [0.1, 0.15) is 20.8 Å². The largest absolute Gasteiger partial charge is 0.512 e. The molecular weight excluding hydrogens is 136 g/mol. The number of hydrogen-bond acceptors (Lipinski definition) is 1. The van der Waals surface area contributed by atoms with Gasteiger partial charge in [-0.05, 0) is 24.5 Å². The fourth-order valence-corrected chi connectivity index (χ4v) is 1.05. The van der Waals surface area contributed by atoms with Crippen LogP contribution in [0.5, 0.6) is 0 Å². The van der Waals surface area contributed by atoms with Gasteiger partial charge in [0, 0.05) is 5.57 Å². The summed E-state index contributed by atoms with van der Waals surface area (Å²) in [5, 5.41) is 9.14. The van der Waals surface area contributed by atoms with Gasteiger partial charge < -0.3 is 5.11 Å². The van der Waals surface area contributed by atoms with Crippen LogP contribution in [0.15, 0.2) is 35.1 Å². The molecule has 0 aromatic rings. The Bertz CT molecular complexity index is 238. The quantitative estimate of drug-likeness (QED) is 0.570. The van der Waals surface area contributed by atoms with Gasteiger partial charge in [-0.3, -0.25) is 0 Å². The monoisotopic (exact) mass is 150 g/mol. The van der Waals surface area contributed by atoms with E-state index in [1.54, 1.807) is 6.92 Å². The molecule has 0 aromatic carbocycles. The van der Waals surface area contributed by atoms with Crippen molar-refractivity contribution >= 4 is 0 Å². The Hall–Kier alpha value is -0.980. The zero-order valence-corrected chi connectivity index (χ0v) is 7.26. The van der Waals surface area contributed by atoms with Crippen LogP contribution in [0, 0.1) is 5.92 Å². The molecule has 0 amide bonds. The topological polar surface area (TPSA) is 20.2 Å². The first-order valence-corrected chi connectivity index (χ1v) is 3.91. The average Bonchev–Trinajstić information content (AvgIpc) is 2.33. The normalized spacial score (nSPS) is 20.9. The molecule has 1 N–H and O–H groups in total. The molecule has 0 heterocycles. The minimum absolute atomic E-state index is 0.400. The van der Waals surface area contributed by atoms with E-state index in [1.165, 1.54) is 5.57 Å². The van der Waals surface area contributed by atoms with Crippen molar-refractivity contribution in [3.8, 4) is 0 Å². The Morgan fingerprint density at radius 3 is 2.27 bits per heavy atom. The summed E-state index contributed by atoms with van der Waals surface area (Å²) < 4.78 is 0. The molecule has 0 fully saturated rings. The average molecular weight is 150 g/mol. The number of aliphatic hydroxyl groups is 1. The highest BCUT2D eigenvalue weighted by Crippen LogP contribution is 2.22. The van der Waals surface area contributed by atoms with Crippen LogP contribution in [0.25, 0.3) is 0 Å². The van der Waals surface area contributed by atoms with Gasteiger partial charge in [0.15, 0.2) is 0 Å². The van der Waals surface area contributed by atoms with E-state index in [4.69, 9.17) is 5.11 Å². The molecule has 0 atom stereocenters. The lowest BCUT2D eigenvalue weighted by atomic mass is 10.1. The smallest absolute Gasteiger partial charge is 0.0963 e. The van der Waals surface area contributed by atoms with E-state index >= 15 is 0 Å². The first-order valence-electron chi connectivity index (χ1n) is 3.91. The third kappa shape index (κ3) is 1.73. The Labute approximate surface area is 67.7 Å². The SMILES string of the molecule is CC(O)=C1C=CC(C(C)C)=C1. The molecule has 1 aliphatic rings. The summed E-state index contributed by atoms with van der Waals surface area (Å²) in [4.78, 5) is 0. The van der Waals surface area contributed by atoms with Gasteiger partial charge in [-0.1, -0.05) is 26.0 Å². The molecule has 0 saturated carbocycles. The van der Waals surface area contributed by atoms with Crippen molar-refractivity contribution in [2.75, 3.05) is 0 Å². The predicted molar refractivity (Wildman–Crippen MR) is 47.4 cm³/mol. The second-order valence-electron chi connectivity index (χ2n) is 3.17. The van der Waals surface area contributed by atoms with Gasteiger partial charge in [0.25, 0.3) is 0 Å². The molecule has 1 aliphatic carbocycles. The Kier molecular flexibility index (Phi) is 2.18. The second kappa shape index (κ2) is 2.95. The lowest BCUT2D eigenvalue weighted by molar-refractivity contribution is 0.411. The van der Waals surface area contributed by atoms with Crippen molar-refractivity contribution < 1.29 is 5.11 Å². The standard InChI is InChI=1S/C10H14O/c1-7(2)9-4-5-10(6-9)8(3)11/h4-7,11H,1-3H3. The fourth-order valence-electron chi connectivity index (χ4n) is 1.05. The zero-order chi connectivity index (χ0) is 8.43. The molecule has 0 bridgehead atoms. The number of hydrogen-bond donors (Lipinski definition) is 1. The van der Waals surface area contributed by atoms with Crippen molar-refractivity contribution in [2.24, 2.45) is 5.92 Å². The van der Waals surface area contributed by atoms with Crippen LogP contribution in [0.4, 0.5) is 0 Å². The lowest BCUT2D eigenvalue weighted by Crippen LogP contribution is -1.86. The van der Waals surface area contributed by atoms with E-state index in [0.29, 0.717) is 11.7 Å². The zero-order valence-electron chi connectivity index (χ0n) is 7.26. The summed E-state index contributed by atoms with van der Waals surface area (Å²) in [6, 6.07) is 0. The maximum Gasteiger partial charge on any atom is 0.0963 e.